The van der Waals surface area contributed by atoms with Crippen LogP contribution in [-0.4, -0.2) is 6.21 Å². The van der Waals surface area contributed by atoms with E-state index in [1.165, 1.54) is 36.8 Å². The first kappa shape index (κ1) is 13.9. The maximum Gasteiger partial charge on any atom is 0.142 e. The van der Waals surface area contributed by atoms with Gasteiger partial charge in [-0.05, 0) is 41.5 Å². The Labute approximate surface area is 126 Å². The highest BCUT2D eigenvalue weighted by molar-refractivity contribution is 5.64. The van der Waals surface area contributed by atoms with Crippen LogP contribution < -0.4 is 0 Å². The molecule has 1 saturated carbocycles. The number of oxime groups is 1. The van der Waals surface area contributed by atoms with Crippen LogP contribution in [0.15, 0.2) is 59.8 Å². The molecule has 2 nitrogen and oxygen atoms in total. The highest BCUT2D eigenvalue weighted by atomic mass is 16.6. The van der Waals surface area contributed by atoms with Gasteiger partial charge >= 0.3 is 0 Å². The van der Waals surface area contributed by atoms with Crippen LogP contribution in [0.4, 0.5) is 0 Å². The van der Waals surface area contributed by atoms with Gasteiger partial charge in [-0.15, -0.1) is 0 Å². The molecule has 0 aromatic heterocycles. The summed E-state index contributed by atoms with van der Waals surface area (Å²) in [5.74, 6) is 0.626. The topological polar surface area (TPSA) is 21.6 Å². The van der Waals surface area contributed by atoms with Crippen molar-refractivity contribution in [1.82, 2.24) is 0 Å². The van der Waals surface area contributed by atoms with E-state index in [0.29, 0.717) is 12.5 Å². The van der Waals surface area contributed by atoms with Gasteiger partial charge in [0.2, 0.25) is 0 Å². The summed E-state index contributed by atoms with van der Waals surface area (Å²) in [6.07, 6.45) is 7.16. The van der Waals surface area contributed by atoms with Crippen molar-refractivity contribution >= 4 is 6.21 Å². The van der Waals surface area contributed by atoms with Crippen molar-refractivity contribution in [2.24, 2.45) is 11.1 Å². The molecule has 21 heavy (non-hydrogen) atoms. The van der Waals surface area contributed by atoms with Crippen molar-refractivity contribution < 1.29 is 4.84 Å². The zero-order chi connectivity index (χ0) is 14.3. The van der Waals surface area contributed by atoms with Crippen LogP contribution in [0.1, 0.15) is 31.2 Å². The largest absolute Gasteiger partial charge is 0.391 e. The second kappa shape index (κ2) is 7.07. The SMILES string of the molecule is C(=NOCc1cccc(-c2ccccc2)c1)C1CCCC1. The van der Waals surface area contributed by atoms with Crippen molar-refractivity contribution in [1.29, 1.82) is 0 Å². The standard InChI is InChI=1S/C19H21NO/c1-2-10-18(11-3-1)19-12-6-9-17(13-19)15-21-20-14-16-7-4-5-8-16/h1-3,6,9-14,16H,4-5,7-8,15H2. The number of benzene rings is 2. The fraction of sp³-hybridized carbons (Fsp3) is 0.316. The van der Waals surface area contributed by atoms with E-state index in [2.05, 4.69) is 53.7 Å². The van der Waals surface area contributed by atoms with Crippen LogP contribution in [0.5, 0.6) is 0 Å². The van der Waals surface area contributed by atoms with Crippen molar-refractivity contribution in [3.8, 4) is 11.1 Å². The molecule has 0 unspecified atom stereocenters. The lowest BCUT2D eigenvalue weighted by atomic mass is 10.0. The minimum atomic E-state index is 0.532. The van der Waals surface area contributed by atoms with Crippen molar-refractivity contribution in [2.45, 2.75) is 32.3 Å². The lowest BCUT2D eigenvalue weighted by molar-refractivity contribution is 0.130. The first-order chi connectivity index (χ1) is 10.4. The van der Waals surface area contributed by atoms with Gasteiger partial charge < -0.3 is 4.84 Å². The molecule has 0 saturated heterocycles. The molecular formula is C19H21NO. The van der Waals surface area contributed by atoms with Gasteiger partial charge in [-0.1, -0.05) is 66.5 Å². The highest BCUT2D eigenvalue weighted by Gasteiger charge is 2.12. The zero-order valence-corrected chi connectivity index (χ0v) is 12.2. The summed E-state index contributed by atoms with van der Waals surface area (Å²) < 4.78 is 0. The van der Waals surface area contributed by atoms with Gasteiger partial charge in [0.15, 0.2) is 0 Å². The maximum absolute atomic E-state index is 5.44. The van der Waals surface area contributed by atoms with E-state index in [1.807, 2.05) is 12.3 Å². The normalized spacial score (nSPS) is 15.6. The maximum atomic E-state index is 5.44. The highest BCUT2D eigenvalue weighted by Crippen LogP contribution is 2.23. The minimum absolute atomic E-state index is 0.532. The molecule has 2 aromatic rings. The monoisotopic (exact) mass is 279 g/mol. The minimum Gasteiger partial charge on any atom is -0.391 e. The summed E-state index contributed by atoms with van der Waals surface area (Å²) in [7, 11) is 0. The Morgan fingerprint density at radius 3 is 2.52 bits per heavy atom. The molecule has 0 amide bonds. The molecule has 0 radical (unpaired) electrons. The Hall–Kier alpha value is -2.09. The number of nitrogens with zero attached hydrogens (tertiary/aromatic N) is 1. The van der Waals surface area contributed by atoms with Crippen LogP contribution >= 0.6 is 0 Å². The van der Waals surface area contributed by atoms with Gasteiger partial charge in [0.05, 0.1) is 0 Å². The fourth-order valence-corrected chi connectivity index (χ4v) is 2.82. The second-order valence-electron chi connectivity index (χ2n) is 5.64. The molecule has 1 fully saturated rings. The third-order valence-electron chi connectivity index (χ3n) is 4.01. The smallest absolute Gasteiger partial charge is 0.142 e. The molecule has 0 atom stereocenters. The Morgan fingerprint density at radius 2 is 1.71 bits per heavy atom. The van der Waals surface area contributed by atoms with Crippen molar-refractivity contribution in [2.75, 3.05) is 0 Å². The quantitative estimate of drug-likeness (QED) is 0.554. The van der Waals surface area contributed by atoms with Crippen LogP contribution in [0.25, 0.3) is 11.1 Å². The molecule has 3 rings (SSSR count). The average Bonchev–Trinajstić information content (AvgIpc) is 3.06. The molecule has 1 aliphatic carbocycles. The van der Waals surface area contributed by atoms with Gasteiger partial charge in [-0.2, -0.15) is 0 Å². The second-order valence-corrected chi connectivity index (χ2v) is 5.64. The Balaban J connectivity index is 1.58. The number of rotatable bonds is 5. The van der Waals surface area contributed by atoms with E-state index in [9.17, 15) is 0 Å². The lowest BCUT2D eigenvalue weighted by Gasteiger charge is -2.05. The molecule has 0 N–H and O–H groups in total. The van der Waals surface area contributed by atoms with E-state index < -0.39 is 0 Å². The van der Waals surface area contributed by atoms with Gasteiger partial charge in [0.25, 0.3) is 0 Å². The third kappa shape index (κ3) is 3.94. The van der Waals surface area contributed by atoms with E-state index in [0.717, 1.165) is 5.56 Å². The van der Waals surface area contributed by atoms with Crippen molar-refractivity contribution in [3.05, 3.63) is 60.2 Å². The van der Waals surface area contributed by atoms with E-state index in [1.54, 1.807) is 0 Å². The van der Waals surface area contributed by atoms with E-state index in [4.69, 9.17) is 4.84 Å². The first-order valence-corrected chi connectivity index (χ1v) is 7.71. The van der Waals surface area contributed by atoms with Crippen molar-refractivity contribution in [3.63, 3.8) is 0 Å². The fourth-order valence-electron chi connectivity index (χ4n) is 2.82. The Kier molecular flexibility index (Phi) is 4.67. The summed E-state index contributed by atoms with van der Waals surface area (Å²) in [6.45, 7) is 0.532. The summed E-state index contributed by atoms with van der Waals surface area (Å²) in [5.41, 5.74) is 3.60. The molecule has 0 spiro atoms. The molecule has 108 valence electrons. The summed E-state index contributed by atoms with van der Waals surface area (Å²) in [6, 6.07) is 18.8. The van der Waals surface area contributed by atoms with Crippen LogP contribution in [0.3, 0.4) is 0 Å². The third-order valence-corrected chi connectivity index (χ3v) is 4.01. The molecule has 2 aromatic carbocycles. The molecule has 0 aliphatic heterocycles. The molecule has 2 heteroatoms. The number of hydrogen-bond donors (Lipinski definition) is 0. The van der Waals surface area contributed by atoms with Gasteiger partial charge in [-0.25, -0.2) is 0 Å². The average molecular weight is 279 g/mol. The summed E-state index contributed by atoms with van der Waals surface area (Å²) >= 11 is 0. The summed E-state index contributed by atoms with van der Waals surface area (Å²) in [4.78, 5) is 5.44. The van der Waals surface area contributed by atoms with Crippen LogP contribution in [0, 0.1) is 5.92 Å². The molecule has 0 heterocycles. The predicted octanol–water partition coefficient (Wildman–Crippen LogP) is 5.05. The Bertz CT molecular complexity index is 586. The van der Waals surface area contributed by atoms with Gasteiger partial charge in [0.1, 0.15) is 6.61 Å². The first-order valence-electron chi connectivity index (χ1n) is 7.71. The van der Waals surface area contributed by atoms with Crippen LogP contribution in [0.2, 0.25) is 0 Å². The Morgan fingerprint density at radius 1 is 0.952 bits per heavy atom. The van der Waals surface area contributed by atoms with E-state index in [-0.39, 0.29) is 0 Å². The molecular weight excluding hydrogens is 258 g/mol. The molecule has 0 bridgehead atoms. The van der Waals surface area contributed by atoms with Gasteiger partial charge in [0, 0.05) is 6.21 Å². The van der Waals surface area contributed by atoms with E-state index >= 15 is 0 Å². The summed E-state index contributed by atoms with van der Waals surface area (Å²) in [5, 5.41) is 4.13. The van der Waals surface area contributed by atoms with Crippen LogP contribution in [-0.2, 0) is 11.4 Å². The van der Waals surface area contributed by atoms with Gasteiger partial charge in [-0.3, -0.25) is 0 Å². The molecule has 1 aliphatic rings. The number of hydrogen-bond acceptors (Lipinski definition) is 2. The predicted molar refractivity (Wildman–Crippen MR) is 87.1 cm³/mol. The lowest BCUT2D eigenvalue weighted by Crippen LogP contribution is -1.95. The zero-order valence-electron chi connectivity index (χ0n) is 12.2.